The molecule has 128 valence electrons. The minimum atomic E-state index is 0.148. The molecule has 25 heavy (non-hydrogen) atoms. The number of fused-ring (bicyclic) bond motifs is 1. The summed E-state index contributed by atoms with van der Waals surface area (Å²) in [5.74, 6) is 2.22. The summed E-state index contributed by atoms with van der Waals surface area (Å²) in [4.78, 5) is 4.68. The number of para-hydroxylation sites is 1. The third-order valence-electron chi connectivity index (χ3n) is 5.08. The zero-order valence-corrected chi connectivity index (χ0v) is 14.5. The Kier molecular flexibility index (Phi) is 4.66. The molecule has 1 unspecified atom stereocenters. The van der Waals surface area contributed by atoms with Crippen molar-refractivity contribution < 1.29 is 9.47 Å². The van der Waals surface area contributed by atoms with Crippen molar-refractivity contribution in [1.82, 2.24) is 4.98 Å². The number of ether oxygens (including phenoxy) is 2. The van der Waals surface area contributed by atoms with Crippen molar-refractivity contribution in [2.24, 2.45) is 5.92 Å². The summed E-state index contributed by atoms with van der Waals surface area (Å²) in [7, 11) is 1.80. The Morgan fingerprint density at radius 2 is 1.84 bits per heavy atom. The van der Waals surface area contributed by atoms with Crippen molar-refractivity contribution in [2.75, 3.05) is 7.11 Å². The van der Waals surface area contributed by atoms with Crippen LogP contribution in [0, 0.1) is 5.92 Å². The van der Waals surface area contributed by atoms with Crippen LogP contribution >= 0.6 is 0 Å². The van der Waals surface area contributed by atoms with E-state index in [4.69, 9.17) is 9.47 Å². The van der Waals surface area contributed by atoms with Gasteiger partial charge in [-0.3, -0.25) is 0 Å². The van der Waals surface area contributed by atoms with Crippen molar-refractivity contribution >= 4 is 10.9 Å². The molecule has 0 bridgehead atoms. The zero-order chi connectivity index (χ0) is 17.1. The lowest BCUT2D eigenvalue weighted by molar-refractivity contribution is 0.0655. The predicted molar refractivity (Wildman–Crippen MR) is 100.0 cm³/mol. The average molecular weight is 333 g/mol. The normalized spacial score (nSPS) is 15.7. The molecule has 0 aliphatic heterocycles. The molecule has 0 amide bonds. The van der Waals surface area contributed by atoms with E-state index in [2.05, 4.69) is 29.2 Å². The summed E-state index contributed by atoms with van der Waals surface area (Å²) in [5.41, 5.74) is 2.15. The van der Waals surface area contributed by atoms with Gasteiger partial charge in [-0.15, -0.1) is 0 Å². The molecule has 1 heterocycles. The van der Waals surface area contributed by atoms with Gasteiger partial charge in [-0.2, -0.15) is 0 Å². The largest absolute Gasteiger partial charge is 0.439 e. The molecule has 0 radical (unpaired) electrons. The molecule has 1 saturated carbocycles. The summed E-state index contributed by atoms with van der Waals surface area (Å²) in [6.07, 6.45) is 5.28. The number of aromatic nitrogens is 1. The van der Waals surface area contributed by atoms with Gasteiger partial charge in [0.15, 0.2) is 0 Å². The van der Waals surface area contributed by atoms with E-state index in [1.165, 1.54) is 24.8 Å². The third-order valence-corrected chi connectivity index (χ3v) is 5.08. The van der Waals surface area contributed by atoms with Crippen LogP contribution in [0.1, 0.15) is 37.4 Å². The fraction of sp³-hybridized carbons (Fsp3) is 0.318. The van der Waals surface area contributed by atoms with Crippen molar-refractivity contribution in [2.45, 2.75) is 31.8 Å². The predicted octanol–water partition coefficient (Wildman–Crippen LogP) is 5.90. The average Bonchev–Trinajstić information content (AvgIpc) is 2.61. The first-order valence-electron chi connectivity index (χ1n) is 8.98. The van der Waals surface area contributed by atoms with E-state index in [0.717, 1.165) is 29.0 Å². The summed E-state index contributed by atoms with van der Waals surface area (Å²) in [6, 6.07) is 20.1. The molecule has 0 spiro atoms. The van der Waals surface area contributed by atoms with Crippen molar-refractivity contribution in [1.29, 1.82) is 0 Å². The fourth-order valence-electron chi connectivity index (χ4n) is 3.38. The number of benzene rings is 2. The molecule has 2 aromatic carbocycles. The first kappa shape index (κ1) is 16.1. The number of hydrogen-bond donors (Lipinski definition) is 0. The molecule has 4 rings (SSSR count). The molecule has 1 aliphatic rings. The quantitative estimate of drug-likeness (QED) is 0.562. The molecule has 1 aromatic heterocycles. The van der Waals surface area contributed by atoms with Gasteiger partial charge in [-0.1, -0.05) is 49.6 Å². The number of nitrogens with zero attached hydrogens (tertiary/aromatic N) is 1. The van der Waals surface area contributed by atoms with E-state index in [0.29, 0.717) is 5.88 Å². The molecule has 1 fully saturated rings. The van der Waals surface area contributed by atoms with E-state index in [9.17, 15) is 0 Å². The molecule has 1 aliphatic carbocycles. The van der Waals surface area contributed by atoms with Gasteiger partial charge >= 0.3 is 0 Å². The first-order valence-corrected chi connectivity index (χ1v) is 8.98. The Hall–Kier alpha value is -2.39. The van der Waals surface area contributed by atoms with Crippen LogP contribution in [0.4, 0.5) is 0 Å². The summed E-state index contributed by atoms with van der Waals surface area (Å²) in [6.45, 7) is 0. The molecule has 0 N–H and O–H groups in total. The highest BCUT2D eigenvalue weighted by Crippen LogP contribution is 2.36. The van der Waals surface area contributed by atoms with Crippen molar-refractivity contribution in [3.63, 3.8) is 0 Å². The van der Waals surface area contributed by atoms with Crippen LogP contribution in [-0.4, -0.2) is 12.1 Å². The van der Waals surface area contributed by atoms with Gasteiger partial charge in [-0.05, 0) is 42.2 Å². The van der Waals surface area contributed by atoms with Crippen molar-refractivity contribution in [3.8, 4) is 11.6 Å². The van der Waals surface area contributed by atoms with Gasteiger partial charge < -0.3 is 9.47 Å². The second-order valence-corrected chi connectivity index (χ2v) is 6.77. The van der Waals surface area contributed by atoms with Gasteiger partial charge in [0.2, 0.25) is 5.88 Å². The number of methoxy groups -OCH3 is 1. The van der Waals surface area contributed by atoms with Gasteiger partial charge in [0.25, 0.3) is 0 Å². The van der Waals surface area contributed by atoms with Gasteiger partial charge in [0.1, 0.15) is 5.75 Å². The zero-order valence-electron chi connectivity index (χ0n) is 14.5. The molecular formula is C22H23NO2. The van der Waals surface area contributed by atoms with Crippen LogP contribution in [0.25, 0.3) is 10.9 Å². The van der Waals surface area contributed by atoms with Crippen LogP contribution in [0.5, 0.6) is 11.6 Å². The second kappa shape index (κ2) is 7.24. The maximum atomic E-state index is 5.86. The van der Waals surface area contributed by atoms with Crippen LogP contribution in [-0.2, 0) is 4.74 Å². The van der Waals surface area contributed by atoms with Crippen LogP contribution in [0.2, 0.25) is 0 Å². The standard InChI is InChI=1S/C22H23NO2/c1-24-21(14-16-6-5-7-16)18-11-10-17-12-13-22(23-20(17)15-18)25-19-8-3-2-4-9-19/h2-4,8-13,15-16,21H,5-7,14H2,1H3. The lowest BCUT2D eigenvalue weighted by Crippen LogP contribution is -2.16. The topological polar surface area (TPSA) is 31.4 Å². The van der Waals surface area contributed by atoms with E-state index in [1.807, 2.05) is 36.4 Å². The van der Waals surface area contributed by atoms with Gasteiger partial charge in [-0.25, -0.2) is 4.98 Å². The summed E-state index contributed by atoms with van der Waals surface area (Å²) in [5, 5.41) is 1.11. The number of rotatable bonds is 6. The number of pyridine rings is 1. The van der Waals surface area contributed by atoms with E-state index < -0.39 is 0 Å². The lowest BCUT2D eigenvalue weighted by Gasteiger charge is -2.29. The highest BCUT2D eigenvalue weighted by molar-refractivity contribution is 5.80. The second-order valence-electron chi connectivity index (χ2n) is 6.77. The molecular weight excluding hydrogens is 310 g/mol. The minimum absolute atomic E-state index is 0.148. The van der Waals surface area contributed by atoms with Crippen LogP contribution in [0.3, 0.4) is 0 Å². The highest BCUT2D eigenvalue weighted by atomic mass is 16.5. The molecule has 3 heteroatoms. The lowest BCUT2D eigenvalue weighted by atomic mass is 9.80. The van der Waals surface area contributed by atoms with Crippen LogP contribution in [0.15, 0.2) is 60.7 Å². The molecule has 0 saturated heterocycles. The Bertz CT molecular complexity index is 843. The van der Waals surface area contributed by atoms with E-state index in [1.54, 1.807) is 7.11 Å². The van der Waals surface area contributed by atoms with Gasteiger partial charge in [0.05, 0.1) is 11.6 Å². The molecule has 3 aromatic rings. The summed E-state index contributed by atoms with van der Waals surface area (Å²) >= 11 is 0. The van der Waals surface area contributed by atoms with E-state index >= 15 is 0 Å². The SMILES string of the molecule is COC(CC1CCC1)c1ccc2ccc(Oc3ccccc3)nc2c1. The maximum Gasteiger partial charge on any atom is 0.219 e. The maximum absolute atomic E-state index is 5.86. The highest BCUT2D eigenvalue weighted by Gasteiger charge is 2.23. The molecule has 1 atom stereocenters. The summed E-state index contributed by atoms with van der Waals surface area (Å²) < 4.78 is 11.6. The third kappa shape index (κ3) is 3.67. The Balaban J connectivity index is 1.59. The smallest absolute Gasteiger partial charge is 0.219 e. The minimum Gasteiger partial charge on any atom is -0.439 e. The van der Waals surface area contributed by atoms with Gasteiger partial charge in [0, 0.05) is 18.6 Å². The molecule has 3 nitrogen and oxygen atoms in total. The monoisotopic (exact) mass is 333 g/mol. The first-order chi connectivity index (χ1) is 12.3. The Morgan fingerprint density at radius 3 is 2.56 bits per heavy atom. The Labute approximate surface area is 148 Å². The van der Waals surface area contributed by atoms with E-state index in [-0.39, 0.29) is 6.10 Å². The number of hydrogen-bond acceptors (Lipinski definition) is 3. The van der Waals surface area contributed by atoms with Crippen molar-refractivity contribution in [3.05, 3.63) is 66.2 Å². The Morgan fingerprint density at radius 1 is 1.04 bits per heavy atom. The van der Waals surface area contributed by atoms with Crippen LogP contribution < -0.4 is 4.74 Å². The fourth-order valence-corrected chi connectivity index (χ4v) is 3.38.